The molecule has 0 radical (unpaired) electrons. The first kappa shape index (κ1) is 23.1. The molecule has 0 N–H and O–H groups in total. The smallest absolute Gasteiger partial charge is 0.266 e. The molecule has 32 heavy (non-hydrogen) atoms. The molecule has 0 spiro atoms. The average molecular weight is 505 g/mol. The lowest BCUT2D eigenvalue weighted by molar-refractivity contribution is -0.123. The van der Waals surface area contributed by atoms with Crippen molar-refractivity contribution in [3.63, 3.8) is 0 Å². The highest BCUT2D eigenvalue weighted by atomic mass is 35.5. The summed E-state index contributed by atoms with van der Waals surface area (Å²) in [5.74, 6) is 0.181. The van der Waals surface area contributed by atoms with E-state index in [1.807, 2.05) is 12.1 Å². The molecule has 2 aromatic rings. The molecule has 2 aromatic carbocycles. The molecule has 2 aliphatic heterocycles. The first-order chi connectivity index (χ1) is 15.5. The largest absolute Gasteiger partial charge is 0.486 e. The summed E-state index contributed by atoms with van der Waals surface area (Å²) in [4.78, 5) is 14.9. The highest BCUT2D eigenvalue weighted by Crippen LogP contribution is 2.38. The van der Waals surface area contributed by atoms with E-state index in [0.29, 0.717) is 42.7 Å². The minimum absolute atomic E-state index is 0.0309. The number of nitriles is 1. The van der Waals surface area contributed by atoms with Gasteiger partial charge in [0.2, 0.25) is 0 Å². The number of benzene rings is 2. The fraction of sp³-hybridized carbons (Fsp3) is 0.261. The number of thiocarbonyl (C=S) groups is 1. The van der Waals surface area contributed by atoms with E-state index in [4.69, 9.17) is 44.9 Å². The van der Waals surface area contributed by atoms with Crippen LogP contribution in [-0.2, 0) is 16.1 Å². The molecule has 0 saturated carbocycles. The summed E-state index contributed by atoms with van der Waals surface area (Å²) < 4.78 is 11.9. The average Bonchev–Trinajstić information content (AvgIpc) is 3.37. The van der Waals surface area contributed by atoms with Crippen molar-refractivity contribution in [3.8, 4) is 11.8 Å². The van der Waals surface area contributed by atoms with Crippen molar-refractivity contribution in [2.75, 3.05) is 13.2 Å². The second-order valence-corrected chi connectivity index (χ2v) is 9.79. The summed E-state index contributed by atoms with van der Waals surface area (Å²) in [6, 6.07) is 12.7. The van der Waals surface area contributed by atoms with Gasteiger partial charge in [0.25, 0.3) is 5.91 Å². The van der Waals surface area contributed by atoms with Crippen LogP contribution in [0, 0.1) is 11.3 Å². The monoisotopic (exact) mass is 504 g/mol. The van der Waals surface area contributed by atoms with Crippen LogP contribution in [0.4, 0.5) is 0 Å². The van der Waals surface area contributed by atoms with Crippen molar-refractivity contribution >= 4 is 63.5 Å². The molecule has 1 amide bonds. The second kappa shape index (κ2) is 10.2. The maximum absolute atomic E-state index is 12.8. The normalized spacial score (nSPS) is 19.6. The third-order valence-corrected chi connectivity index (χ3v) is 7.05. The van der Waals surface area contributed by atoms with Crippen molar-refractivity contribution < 1.29 is 14.3 Å². The predicted octanol–water partition coefficient (Wildman–Crippen LogP) is 5.82. The molecule has 9 heteroatoms. The van der Waals surface area contributed by atoms with Crippen LogP contribution in [0.1, 0.15) is 29.5 Å². The molecule has 0 aromatic heterocycles. The summed E-state index contributed by atoms with van der Waals surface area (Å²) in [5, 5.41) is 9.85. The van der Waals surface area contributed by atoms with Gasteiger partial charge >= 0.3 is 0 Å². The lowest BCUT2D eigenvalue weighted by Gasteiger charge is -2.18. The van der Waals surface area contributed by atoms with Crippen LogP contribution < -0.4 is 4.74 Å². The Morgan fingerprint density at radius 3 is 2.75 bits per heavy atom. The molecule has 4 rings (SSSR count). The lowest BCUT2D eigenvalue weighted by Crippen LogP contribution is -2.35. The third-order valence-electron chi connectivity index (χ3n) is 5.11. The van der Waals surface area contributed by atoms with Crippen molar-refractivity contribution in [1.29, 1.82) is 5.26 Å². The van der Waals surface area contributed by atoms with Gasteiger partial charge in [-0.25, -0.2) is 0 Å². The van der Waals surface area contributed by atoms with Crippen molar-refractivity contribution in [2.24, 2.45) is 0 Å². The Bertz CT molecular complexity index is 1120. The molecule has 0 unspecified atom stereocenters. The number of amides is 1. The molecular formula is C23H18Cl2N2O3S2. The fourth-order valence-corrected chi connectivity index (χ4v) is 5.39. The van der Waals surface area contributed by atoms with Gasteiger partial charge in [0.1, 0.15) is 10.9 Å². The molecule has 2 saturated heterocycles. The van der Waals surface area contributed by atoms with Gasteiger partial charge in [-0.2, -0.15) is 5.26 Å². The quantitative estimate of drug-likeness (QED) is 0.364. The van der Waals surface area contributed by atoms with E-state index >= 15 is 0 Å². The Labute approximate surface area is 205 Å². The molecule has 164 valence electrons. The van der Waals surface area contributed by atoms with Crippen LogP contribution in [0.25, 0.3) is 6.08 Å². The predicted molar refractivity (Wildman–Crippen MR) is 131 cm³/mol. The van der Waals surface area contributed by atoms with E-state index < -0.39 is 0 Å². The van der Waals surface area contributed by atoms with E-state index in [1.165, 1.54) is 11.8 Å². The zero-order valence-electron chi connectivity index (χ0n) is 16.8. The fourth-order valence-electron chi connectivity index (χ4n) is 3.51. The number of rotatable bonds is 6. The molecule has 0 bridgehead atoms. The Hall–Kier alpha value is -2.08. The Kier molecular flexibility index (Phi) is 7.39. The maximum Gasteiger partial charge on any atom is 0.266 e. The third kappa shape index (κ3) is 5.11. The van der Waals surface area contributed by atoms with E-state index in [1.54, 1.807) is 35.2 Å². The van der Waals surface area contributed by atoms with Gasteiger partial charge in [-0.1, -0.05) is 65.4 Å². The molecule has 2 aliphatic rings. The van der Waals surface area contributed by atoms with Gasteiger partial charge in [-0.3, -0.25) is 9.69 Å². The lowest BCUT2D eigenvalue weighted by atomic mass is 10.1. The zero-order chi connectivity index (χ0) is 22.7. The number of hydrogen-bond donors (Lipinski definition) is 0. The summed E-state index contributed by atoms with van der Waals surface area (Å²) in [7, 11) is 0. The topological polar surface area (TPSA) is 62.6 Å². The Balaban J connectivity index is 1.49. The summed E-state index contributed by atoms with van der Waals surface area (Å²) >= 11 is 19.5. The van der Waals surface area contributed by atoms with Crippen LogP contribution in [0.3, 0.4) is 0 Å². The van der Waals surface area contributed by atoms with E-state index in [-0.39, 0.29) is 18.6 Å². The van der Waals surface area contributed by atoms with Gasteiger partial charge in [0, 0.05) is 12.2 Å². The molecule has 0 aliphatic carbocycles. The number of halogens is 2. The highest BCUT2D eigenvalue weighted by Gasteiger charge is 2.34. The SMILES string of the molecule is N#Cc1ccccc1COc1c(Cl)cc(/C=C2\SC(=S)N(C[C@H]3CCCO3)C2=O)cc1Cl. The standard InChI is InChI=1S/C23H18Cl2N2O3S2/c24-18-8-14(9-19(25)21(18)30-13-16-5-2-1-4-15(16)11-26)10-20-22(28)27(23(31)32-20)12-17-6-3-7-29-17/h1-2,4-5,8-10,17H,3,6-7,12-13H2/b20-10-/t17-/m1/s1. The summed E-state index contributed by atoms with van der Waals surface area (Å²) in [6.45, 7) is 1.35. The Morgan fingerprint density at radius 2 is 2.06 bits per heavy atom. The zero-order valence-corrected chi connectivity index (χ0v) is 20.0. The van der Waals surface area contributed by atoms with E-state index in [9.17, 15) is 10.1 Å². The van der Waals surface area contributed by atoms with Gasteiger partial charge in [-0.15, -0.1) is 0 Å². The van der Waals surface area contributed by atoms with Crippen molar-refractivity contribution in [3.05, 3.63) is 68.0 Å². The number of thioether (sulfide) groups is 1. The first-order valence-corrected chi connectivity index (χ1v) is 11.9. The number of carbonyl (C=O) groups excluding carboxylic acids is 1. The van der Waals surface area contributed by atoms with Crippen LogP contribution in [0.5, 0.6) is 5.75 Å². The molecule has 1 atom stereocenters. The minimum Gasteiger partial charge on any atom is -0.486 e. The summed E-state index contributed by atoms with van der Waals surface area (Å²) in [5.41, 5.74) is 1.94. The molecule has 2 heterocycles. The van der Waals surface area contributed by atoms with Gasteiger partial charge in [0.15, 0.2) is 5.75 Å². The van der Waals surface area contributed by atoms with Crippen molar-refractivity contribution in [2.45, 2.75) is 25.6 Å². The van der Waals surface area contributed by atoms with Gasteiger partial charge < -0.3 is 9.47 Å². The van der Waals surface area contributed by atoms with Crippen LogP contribution >= 0.6 is 47.2 Å². The van der Waals surface area contributed by atoms with Crippen LogP contribution in [-0.4, -0.2) is 34.4 Å². The van der Waals surface area contributed by atoms with E-state index in [2.05, 4.69) is 6.07 Å². The number of ether oxygens (including phenoxy) is 2. The van der Waals surface area contributed by atoms with Crippen LogP contribution in [0.15, 0.2) is 41.3 Å². The van der Waals surface area contributed by atoms with Gasteiger partial charge in [0.05, 0.1) is 39.2 Å². The second-order valence-electron chi connectivity index (χ2n) is 7.30. The number of hydrogen-bond acceptors (Lipinski definition) is 6. The molecule has 5 nitrogen and oxygen atoms in total. The summed E-state index contributed by atoms with van der Waals surface area (Å²) in [6.07, 6.45) is 3.69. The minimum atomic E-state index is -0.142. The van der Waals surface area contributed by atoms with E-state index in [0.717, 1.165) is 25.0 Å². The number of carbonyl (C=O) groups is 1. The molecular weight excluding hydrogens is 487 g/mol. The molecule has 2 fully saturated rings. The number of nitrogens with zero attached hydrogens (tertiary/aromatic N) is 2. The Morgan fingerprint density at radius 1 is 1.31 bits per heavy atom. The van der Waals surface area contributed by atoms with Gasteiger partial charge in [-0.05, 0) is 42.7 Å². The first-order valence-electron chi connectivity index (χ1n) is 9.93. The van der Waals surface area contributed by atoms with Crippen molar-refractivity contribution in [1.82, 2.24) is 4.90 Å². The highest BCUT2D eigenvalue weighted by molar-refractivity contribution is 8.26. The maximum atomic E-state index is 12.8. The van der Waals surface area contributed by atoms with Crippen LogP contribution in [0.2, 0.25) is 10.0 Å².